The van der Waals surface area contributed by atoms with E-state index < -0.39 is 0 Å². The zero-order valence-corrected chi connectivity index (χ0v) is 13.7. The Bertz CT molecular complexity index is 838. The summed E-state index contributed by atoms with van der Waals surface area (Å²) in [5.74, 6) is 6.36. The van der Waals surface area contributed by atoms with Crippen LogP contribution in [0.5, 0.6) is 0 Å². The molecule has 0 nitrogen and oxygen atoms in total. The first-order valence-corrected chi connectivity index (χ1v) is 8.24. The summed E-state index contributed by atoms with van der Waals surface area (Å²) in [5.41, 5.74) is 4.89. The number of aryl methyl sites for hydroxylation is 1. The third-order valence-electron chi connectivity index (χ3n) is 3.60. The molecule has 0 bridgehead atoms. The molecule has 0 aliphatic heterocycles. The Labute approximate surface area is 134 Å². The summed E-state index contributed by atoms with van der Waals surface area (Å²) in [6.07, 6.45) is 0. The molecule has 3 rings (SSSR count). The molecule has 0 saturated heterocycles. The Morgan fingerprint density at radius 3 is 2.00 bits per heavy atom. The first-order valence-electron chi connectivity index (χ1n) is 7.35. The molecule has 0 radical (unpaired) electrons. The van der Waals surface area contributed by atoms with Gasteiger partial charge in [-0.3, -0.25) is 0 Å². The largest absolute Gasteiger partial charge is 0.101 e. The molecule has 3 aromatic rings. The van der Waals surface area contributed by atoms with Gasteiger partial charge in [0.1, 0.15) is 0 Å². The predicted molar refractivity (Wildman–Crippen MR) is 97.1 cm³/mol. The van der Waals surface area contributed by atoms with Crippen LogP contribution in [0.3, 0.4) is 0 Å². The summed E-state index contributed by atoms with van der Waals surface area (Å²) in [5, 5.41) is 2.65. The molecule has 0 amide bonds. The molecule has 0 fully saturated rings. The van der Waals surface area contributed by atoms with E-state index in [1.165, 1.54) is 35.5 Å². The first-order chi connectivity index (χ1) is 10.8. The van der Waals surface area contributed by atoms with Gasteiger partial charge in [-0.25, -0.2) is 0 Å². The maximum atomic E-state index is 3.30. The van der Waals surface area contributed by atoms with Gasteiger partial charge >= 0.3 is 0 Å². The molecule has 106 valence electrons. The summed E-state index contributed by atoms with van der Waals surface area (Å²) in [6, 6.07) is 23.4. The average molecular weight is 300 g/mol. The standard InChI is InChI=1S/C21H17P/c1-3-10-19-16(2)22-21(18-13-8-5-9-14-18)15-20(19)17-11-6-4-7-12-17/h4-9,11-15H,1-2H3. The summed E-state index contributed by atoms with van der Waals surface area (Å²) in [7, 11) is 1.24. The van der Waals surface area contributed by atoms with E-state index in [0.29, 0.717) is 0 Å². The van der Waals surface area contributed by atoms with E-state index in [2.05, 4.69) is 85.5 Å². The normalized spacial score (nSPS) is 10.3. The van der Waals surface area contributed by atoms with Crippen molar-refractivity contribution in [1.82, 2.24) is 0 Å². The topological polar surface area (TPSA) is 0 Å². The van der Waals surface area contributed by atoms with Crippen molar-refractivity contribution in [2.45, 2.75) is 13.8 Å². The van der Waals surface area contributed by atoms with Crippen molar-refractivity contribution >= 4 is 8.19 Å². The van der Waals surface area contributed by atoms with Crippen LogP contribution in [-0.2, 0) is 0 Å². The average Bonchev–Trinajstić information content (AvgIpc) is 2.58. The molecule has 0 aliphatic carbocycles. The van der Waals surface area contributed by atoms with Gasteiger partial charge in [0.25, 0.3) is 0 Å². The van der Waals surface area contributed by atoms with E-state index >= 15 is 0 Å². The third-order valence-corrected chi connectivity index (χ3v) is 4.79. The minimum atomic E-state index is 1.16. The van der Waals surface area contributed by atoms with Gasteiger partial charge in [0.05, 0.1) is 0 Å². The van der Waals surface area contributed by atoms with Crippen molar-refractivity contribution in [2.75, 3.05) is 0 Å². The lowest BCUT2D eigenvalue weighted by Crippen LogP contribution is -1.88. The third kappa shape index (κ3) is 2.96. The quantitative estimate of drug-likeness (QED) is 0.488. The summed E-state index contributed by atoms with van der Waals surface area (Å²) in [6.45, 7) is 4.08. The second-order valence-corrected chi connectivity index (χ2v) is 6.50. The van der Waals surface area contributed by atoms with Crippen LogP contribution in [0.15, 0.2) is 66.7 Å². The Morgan fingerprint density at radius 2 is 1.41 bits per heavy atom. The molecule has 0 aliphatic rings. The van der Waals surface area contributed by atoms with Crippen LogP contribution < -0.4 is 0 Å². The van der Waals surface area contributed by atoms with Gasteiger partial charge in [0.15, 0.2) is 0 Å². The molecule has 0 atom stereocenters. The fraction of sp³-hybridized carbons (Fsp3) is 0.0952. The zero-order valence-electron chi connectivity index (χ0n) is 12.8. The van der Waals surface area contributed by atoms with Crippen molar-refractivity contribution in [1.29, 1.82) is 0 Å². The highest BCUT2D eigenvalue weighted by molar-refractivity contribution is 7.34. The van der Waals surface area contributed by atoms with Crippen molar-refractivity contribution in [3.63, 3.8) is 0 Å². The van der Waals surface area contributed by atoms with Crippen LogP contribution >= 0.6 is 8.19 Å². The van der Waals surface area contributed by atoms with E-state index in [9.17, 15) is 0 Å². The minimum Gasteiger partial charge on any atom is -0.101 e. The number of benzene rings is 2. The molecule has 0 spiro atoms. The lowest BCUT2D eigenvalue weighted by Gasteiger charge is -2.11. The highest BCUT2D eigenvalue weighted by Gasteiger charge is 2.10. The molecule has 1 aromatic heterocycles. The van der Waals surface area contributed by atoms with Gasteiger partial charge in [-0.2, -0.15) is 0 Å². The second kappa shape index (κ2) is 6.61. The molecule has 1 heterocycles. The number of rotatable bonds is 2. The second-order valence-electron chi connectivity index (χ2n) is 5.12. The predicted octanol–water partition coefficient (Wildman–Crippen LogP) is 6.28. The summed E-state index contributed by atoms with van der Waals surface area (Å²) >= 11 is 0. The molecular weight excluding hydrogens is 283 g/mol. The fourth-order valence-corrected chi connectivity index (χ4v) is 3.68. The lowest BCUT2D eigenvalue weighted by atomic mass is 10.00. The van der Waals surface area contributed by atoms with Crippen molar-refractivity contribution < 1.29 is 0 Å². The highest BCUT2D eigenvalue weighted by Crippen LogP contribution is 2.38. The molecule has 0 saturated carbocycles. The maximum Gasteiger partial charge on any atom is 0.0398 e. The van der Waals surface area contributed by atoms with Crippen LogP contribution in [0.4, 0.5) is 0 Å². The highest BCUT2D eigenvalue weighted by atomic mass is 31.0. The van der Waals surface area contributed by atoms with E-state index in [1.807, 2.05) is 6.92 Å². The fourth-order valence-electron chi connectivity index (χ4n) is 2.56. The van der Waals surface area contributed by atoms with E-state index in [-0.39, 0.29) is 0 Å². The molecular formula is C21H17P. The molecule has 0 unspecified atom stereocenters. The van der Waals surface area contributed by atoms with Gasteiger partial charge in [-0.1, -0.05) is 74.8 Å². The lowest BCUT2D eigenvalue weighted by molar-refractivity contribution is 1.53. The minimum absolute atomic E-state index is 1.16. The van der Waals surface area contributed by atoms with Gasteiger partial charge < -0.3 is 0 Å². The smallest absolute Gasteiger partial charge is 0.0398 e. The Hall–Kier alpha value is -2.35. The molecule has 2 aromatic carbocycles. The molecule has 1 heteroatoms. The Balaban J connectivity index is 2.25. The van der Waals surface area contributed by atoms with E-state index in [4.69, 9.17) is 0 Å². The van der Waals surface area contributed by atoms with Crippen LogP contribution in [0, 0.1) is 18.8 Å². The number of hydrogen-bond acceptors (Lipinski definition) is 0. The van der Waals surface area contributed by atoms with Gasteiger partial charge in [0, 0.05) is 10.9 Å². The maximum absolute atomic E-state index is 3.30. The monoisotopic (exact) mass is 300 g/mol. The van der Waals surface area contributed by atoms with Gasteiger partial charge in [0.2, 0.25) is 0 Å². The zero-order chi connectivity index (χ0) is 15.4. The van der Waals surface area contributed by atoms with Crippen LogP contribution in [-0.4, -0.2) is 0 Å². The first kappa shape index (κ1) is 14.6. The van der Waals surface area contributed by atoms with Crippen molar-refractivity contribution in [2.24, 2.45) is 0 Å². The van der Waals surface area contributed by atoms with Gasteiger partial charge in [-0.05, 0) is 41.9 Å². The number of hydrogen-bond donors (Lipinski definition) is 0. The van der Waals surface area contributed by atoms with E-state index in [0.717, 1.165) is 5.56 Å². The van der Waals surface area contributed by atoms with Crippen molar-refractivity contribution in [3.8, 4) is 33.8 Å². The van der Waals surface area contributed by atoms with E-state index in [1.54, 1.807) is 0 Å². The summed E-state index contributed by atoms with van der Waals surface area (Å²) < 4.78 is 0. The van der Waals surface area contributed by atoms with Crippen LogP contribution in [0.25, 0.3) is 22.0 Å². The SMILES string of the molecule is CC#Cc1c(-c2ccccc2)cc(-c2ccccc2)pc1C. The van der Waals surface area contributed by atoms with Crippen LogP contribution in [0.1, 0.15) is 17.8 Å². The van der Waals surface area contributed by atoms with Crippen molar-refractivity contribution in [3.05, 3.63) is 77.6 Å². The van der Waals surface area contributed by atoms with Crippen LogP contribution in [0.2, 0.25) is 0 Å². The molecule has 0 N–H and O–H groups in total. The molecule has 22 heavy (non-hydrogen) atoms. The Morgan fingerprint density at radius 1 is 0.818 bits per heavy atom. The summed E-state index contributed by atoms with van der Waals surface area (Å²) in [4.78, 5) is 0. The Kier molecular flexibility index (Phi) is 4.38. The van der Waals surface area contributed by atoms with Gasteiger partial charge in [-0.15, -0.1) is 5.92 Å².